The molecule has 0 saturated heterocycles. The molecule has 0 atom stereocenters. The third-order valence-electron chi connectivity index (χ3n) is 4.57. The summed E-state index contributed by atoms with van der Waals surface area (Å²) in [6, 6.07) is 8.52. The summed E-state index contributed by atoms with van der Waals surface area (Å²) >= 11 is 0. The number of nitro benzene ring substituents is 1. The van der Waals surface area contributed by atoms with Crippen LogP contribution in [0.25, 0.3) is 0 Å². The lowest BCUT2D eigenvalue weighted by Crippen LogP contribution is -2.36. The fourth-order valence-electron chi connectivity index (χ4n) is 3.04. The molecule has 0 fully saturated rings. The van der Waals surface area contributed by atoms with E-state index in [1.807, 2.05) is 32.0 Å². The molecule has 2 aromatic rings. The molecule has 0 bridgehead atoms. The number of benzene rings is 2. The summed E-state index contributed by atoms with van der Waals surface area (Å²) < 4.78 is 5.04. The Kier molecular flexibility index (Phi) is 7.48. The van der Waals surface area contributed by atoms with Gasteiger partial charge in [-0.1, -0.05) is 18.2 Å². The molecule has 0 aliphatic rings. The summed E-state index contributed by atoms with van der Waals surface area (Å²) in [6.07, 6.45) is 0. The van der Waals surface area contributed by atoms with Gasteiger partial charge in [-0.3, -0.25) is 24.6 Å². The van der Waals surface area contributed by atoms with Crippen molar-refractivity contribution < 1.29 is 19.2 Å². The molecule has 0 saturated carbocycles. The number of methoxy groups -OCH3 is 1. The second kappa shape index (κ2) is 9.84. The predicted octanol–water partition coefficient (Wildman–Crippen LogP) is 3.04. The van der Waals surface area contributed by atoms with Crippen LogP contribution in [0.3, 0.4) is 0 Å². The highest BCUT2D eigenvalue weighted by Gasteiger charge is 2.19. The van der Waals surface area contributed by atoms with E-state index in [-0.39, 0.29) is 36.3 Å². The zero-order valence-corrected chi connectivity index (χ0v) is 17.7. The van der Waals surface area contributed by atoms with Crippen LogP contribution < -0.4 is 15.4 Å². The highest BCUT2D eigenvalue weighted by Crippen LogP contribution is 2.32. The molecule has 30 heavy (non-hydrogen) atoms. The van der Waals surface area contributed by atoms with Crippen molar-refractivity contribution in [2.24, 2.45) is 0 Å². The SMILES string of the molecule is COc1cc(NC(=O)CN(C)CC(=O)Nc2c(C)cccc2C)c(C)cc1[N+](=O)[O-]. The fraction of sp³-hybridized carbons (Fsp3) is 0.333. The van der Waals surface area contributed by atoms with Gasteiger partial charge >= 0.3 is 5.69 Å². The van der Waals surface area contributed by atoms with E-state index in [0.717, 1.165) is 16.8 Å². The van der Waals surface area contributed by atoms with Crippen LogP contribution in [0, 0.1) is 30.9 Å². The molecule has 2 aromatic carbocycles. The molecule has 2 amide bonds. The van der Waals surface area contributed by atoms with Gasteiger partial charge in [-0.25, -0.2) is 0 Å². The lowest BCUT2D eigenvalue weighted by Gasteiger charge is -2.18. The van der Waals surface area contributed by atoms with Crippen LogP contribution >= 0.6 is 0 Å². The van der Waals surface area contributed by atoms with Crippen molar-refractivity contribution in [3.63, 3.8) is 0 Å². The number of carbonyl (C=O) groups excluding carboxylic acids is 2. The smallest absolute Gasteiger partial charge is 0.311 e. The Morgan fingerprint density at radius 2 is 1.60 bits per heavy atom. The number of hydrogen-bond donors (Lipinski definition) is 2. The third kappa shape index (κ3) is 5.77. The molecule has 160 valence electrons. The quantitative estimate of drug-likeness (QED) is 0.507. The van der Waals surface area contributed by atoms with Gasteiger partial charge in [0.15, 0.2) is 5.75 Å². The lowest BCUT2D eigenvalue weighted by atomic mass is 10.1. The summed E-state index contributed by atoms with van der Waals surface area (Å²) in [4.78, 5) is 36.8. The molecule has 2 N–H and O–H groups in total. The van der Waals surface area contributed by atoms with Gasteiger partial charge in [0.2, 0.25) is 11.8 Å². The van der Waals surface area contributed by atoms with Crippen LogP contribution in [0.1, 0.15) is 16.7 Å². The maximum absolute atomic E-state index is 12.4. The van der Waals surface area contributed by atoms with E-state index in [2.05, 4.69) is 10.6 Å². The average Bonchev–Trinajstić information content (AvgIpc) is 2.65. The molecule has 0 aromatic heterocycles. The van der Waals surface area contributed by atoms with Gasteiger partial charge < -0.3 is 15.4 Å². The zero-order chi connectivity index (χ0) is 22.4. The Morgan fingerprint density at radius 3 is 2.13 bits per heavy atom. The van der Waals surface area contributed by atoms with Crippen LogP contribution in [-0.2, 0) is 9.59 Å². The second-order valence-electron chi connectivity index (χ2n) is 7.13. The highest BCUT2D eigenvalue weighted by atomic mass is 16.6. The molecule has 0 aliphatic carbocycles. The van der Waals surface area contributed by atoms with E-state index in [0.29, 0.717) is 11.3 Å². The van der Waals surface area contributed by atoms with Gasteiger partial charge in [-0.2, -0.15) is 0 Å². The largest absolute Gasteiger partial charge is 0.490 e. The average molecular weight is 414 g/mol. The first-order valence-electron chi connectivity index (χ1n) is 9.29. The van der Waals surface area contributed by atoms with E-state index in [4.69, 9.17) is 4.74 Å². The minimum absolute atomic E-state index is 0.0289. The third-order valence-corrected chi connectivity index (χ3v) is 4.57. The van der Waals surface area contributed by atoms with Crippen molar-refractivity contribution in [1.82, 2.24) is 4.90 Å². The van der Waals surface area contributed by atoms with E-state index < -0.39 is 4.92 Å². The number of rotatable bonds is 8. The molecule has 0 aliphatic heterocycles. The molecule has 9 nitrogen and oxygen atoms in total. The number of nitrogens with one attached hydrogen (secondary N) is 2. The van der Waals surface area contributed by atoms with E-state index in [1.165, 1.54) is 19.2 Å². The Balaban J connectivity index is 1.98. The van der Waals surface area contributed by atoms with Crippen LogP contribution in [0.4, 0.5) is 17.1 Å². The minimum atomic E-state index is -0.542. The van der Waals surface area contributed by atoms with Gasteiger partial charge in [-0.15, -0.1) is 0 Å². The van der Waals surface area contributed by atoms with Crippen molar-refractivity contribution in [2.75, 3.05) is 37.9 Å². The van der Waals surface area contributed by atoms with Crippen LogP contribution in [0.5, 0.6) is 5.75 Å². The van der Waals surface area contributed by atoms with Gasteiger partial charge in [-0.05, 0) is 44.5 Å². The first kappa shape index (κ1) is 22.8. The summed E-state index contributed by atoms with van der Waals surface area (Å²) in [5, 5.41) is 16.7. The van der Waals surface area contributed by atoms with E-state index >= 15 is 0 Å². The maximum atomic E-state index is 12.4. The molecule has 0 radical (unpaired) electrons. The number of likely N-dealkylation sites (N-methyl/N-ethyl adjacent to an activating group) is 1. The molecule has 9 heteroatoms. The maximum Gasteiger partial charge on any atom is 0.311 e. The summed E-state index contributed by atoms with van der Waals surface area (Å²) in [7, 11) is 2.99. The van der Waals surface area contributed by atoms with Crippen LogP contribution in [0.2, 0.25) is 0 Å². The van der Waals surface area contributed by atoms with Crippen molar-refractivity contribution >= 4 is 28.9 Å². The van der Waals surface area contributed by atoms with Crippen molar-refractivity contribution in [3.05, 3.63) is 57.1 Å². The first-order chi connectivity index (χ1) is 14.1. The summed E-state index contributed by atoms with van der Waals surface area (Å²) in [5.41, 5.74) is 3.47. The standard InChI is InChI=1S/C21H26N4O5/c1-13-7-6-8-14(2)21(13)23-20(27)12-24(4)11-19(26)22-16-10-18(30-5)17(25(28)29)9-15(16)3/h6-10H,11-12H2,1-5H3,(H,22,26)(H,23,27). The highest BCUT2D eigenvalue weighted by molar-refractivity contribution is 5.96. The molecule has 0 unspecified atom stereocenters. The van der Waals surface area contributed by atoms with Gasteiger partial charge in [0.05, 0.1) is 25.1 Å². The fourth-order valence-corrected chi connectivity index (χ4v) is 3.04. The van der Waals surface area contributed by atoms with Crippen molar-refractivity contribution in [2.45, 2.75) is 20.8 Å². The Bertz CT molecular complexity index is 954. The zero-order valence-electron chi connectivity index (χ0n) is 17.7. The number of hydrogen-bond acceptors (Lipinski definition) is 6. The normalized spacial score (nSPS) is 10.6. The minimum Gasteiger partial charge on any atom is -0.490 e. The summed E-state index contributed by atoms with van der Waals surface area (Å²) in [5.74, 6) is -0.519. The summed E-state index contributed by atoms with van der Waals surface area (Å²) in [6.45, 7) is 5.49. The molecular weight excluding hydrogens is 388 g/mol. The monoisotopic (exact) mass is 414 g/mol. The number of ether oxygens (including phenoxy) is 1. The molecule has 2 rings (SSSR count). The van der Waals surface area contributed by atoms with Crippen LogP contribution in [0.15, 0.2) is 30.3 Å². The van der Waals surface area contributed by atoms with Crippen LogP contribution in [-0.4, -0.2) is 48.9 Å². The lowest BCUT2D eigenvalue weighted by molar-refractivity contribution is -0.385. The molecular formula is C21H26N4O5. The van der Waals surface area contributed by atoms with Gasteiger partial charge in [0.1, 0.15) is 0 Å². The van der Waals surface area contributed by atoms with Crippen molar-refractivity contribution in [3.8, 4) is 5.75 Å². The number of para-hydroxylation sites is 1. The second-order valence-corrected chi connectivity index (χ2v) is 7.13. The van der Waals surface area contributed by atoms with E-state index in [1.54, 1.807) is 18.9 Å². The number of nitrogens with zero attached hydrogens (tertiary/aromatic N) is 2. The Morgan fingerprint density at radius 1 is 1.03 bits per heavy atom. The van der Waals surface area contributed by atoms with Gasteiger partial charge in [0, 0.05) is 23.5 Å². The predicted molar refractivity (Wildman–Crippen MR) is 115 cm³/mol. The molecule has 0 spiro atoms. The topological polar surface area (TPSA) is 114 Å². The van der Waals surface area contributed by atoms with E-state index in [9.17, 15) is 19.7 Å². The Labute approximate surface area is 175 Å². The number of aryl methyl sites for hydroxylation is 3. The number of carbonyl (C=O) groups is 2. The first-order valence-corrected chi connectivity index (χ1v) is 9.29. The van der Waals surface area contributed by atoms with Gasteiger partial charge in [0.25, 0.3) is 0 Å². The number of amides is 2. The number of anilines is 2. The molecule has 0 heterocycles. The Hall–Kier alpha value is -3.46. The van der Waals surface area contributed by atoms with Crippen molar-refractivity contribution in [1.29, 1.82) is 0 Å². The number of nitro groups is 1.